The average molecular weight is 315 g/mol. The lowest BCUT2D eigenvalue weighted by Crippen LogP contribution is -2.67. The molecule has 2 fully saturated rings. The van der Waals surface area contributed by atoms with Gasteiger partial charge in [0.15, 0.2) is 0 Å². The average Bonchev–Trinajstić information content (AvgIpc) is 3.07. The number of allylic oxidation sites excluding steroid dienone is 3. The highest BCUT2D eigenvalue weighted by Gasteiger charge is 2.74. The molecule has 2 heterocycles. The summed E-state index contributed by atoms with van der Waals surface area (Å²) in [6.07, 6.45) is 11.3. The Morgan fingerprint density at radius 3 is 2.63 bits per heavy atom. The number of nitrogens with zero attached hydrogens (tertiary/aromatic N) is 1. The van der Waals surface area contributed by atoms with Gasteiger partial charge in [-0.3, -0.25) is 4.99 Å². The SMILES string of the molecule is ClC1=N[C@@]2(Cl)C3C=CCC3[C@]1(Cl)C1C2[C@H]2C=C[C@@H]1C2. The monoisotopic (exact) mass is 313 g/mol. The lowest BCUT2D eigenvalue weighted by molar-refractivity contribution is 0.0537. The molecule has 0 N–H and O–H groups in total. The van der Waals surface area contributed by atoms with Crippen LogP contribution in [-0.2, 0) is 0 Å². The fraction of sp³-hybridized carbons (Fsp3) is 0.667. The maximum atomic E-state index is 7.11. The van der Waals surface area contributed by atoms with Gasteiger partial charge < -0.3 is 0 Å². The van der Waals surface area contributed by atoms with Crippen LogP contribution < -0.4 is 0 Å². The van der Waals surface area contributed by atoms with Crippen molar-refractivity contribution in [1.82, 2.24) is 0 Å². The molecular weight excluding hydrogens is 301 g/mol. The molecule has 2 aliphatic heterocycles. The minimum Gasteiger partial charge on any atom is -0.252 e. The zero-order valence-corrected chi connectivity index (χ0v) is 12.5. The zero-order chi connectivity index (χ0) is 13.0. The highest BCUT2D eigenvalue weighted by Crippen LogP contribution is 2.72. The number of alkyl halides is 2. The quantitative estimate of drug-likeness (QED) is 0.361. The van der Waals surface area contributed by atoms with Gasteiger partial charge in [0.05, 0.1) is 0 Å². The molecule has 0 aromatic rings. The summed E-state index contributed by atoms with van der Waals surface area (Å²) in [4.78, 5) is 3.65. The fourth-order valence-corrected chi connectivity index (χ4v) is 7.22. The van der Waals surface area contributed by atoms with Crippen LogP contribution in [0.3, 0.4) is 0 Å². The van der Waals surface area contributed by atoms with Crippen LogP contribution in [-0.4, -0.2) is 15.0 Å². The highest BCUT2D eigenvalue weighted by molar-refractivity contribution is 6.73. The van der Waals surface area contributed by atoms with Crippen LogP contribution in [0.1, 0.15) is 12.8 Å². The van der Waals surface area contributed by atoms with Crippen molar-refractivity contribution in [2.75, 3.05) is 0 Å². The largest absolute Gasteiger partial charge is 0.252 e. The lowest BCUT2D eigenvalue weighted by atomic mass is 9.55. The summed E-state index contributed by atoms with van der Waals surface area (Å²) < 4.78 is 0. The first-order valence-corrected chi connectivity index (χ1v) is 8.19. The van der Waals surface area contributed by atoms with Gasteiger partial charge in [0.1, 0.15) is 15.0 Å². The summed E-state index contributed by atoms with van der Waals surface area (Å²) >= 11 is 20.6. The van der Waals surface area contributed by atoms with Crippen molar-refractivity contribution >= 4 is 40.0 Å². The van der Waals surface area contributed by atoms with Gasteiger partial charge in [-0.2, -0.15) is 0 Å². The maximum absolute atomic E-state index is 7.11. The van der Waals surface area contributed by atoms with Crippen molar-refractivity contribution in [3.05, 3.63) is 24.3 Å². The van der Waals surface area contributed by atoms with E-state index in [0.29, 0.717) is 34.8 Å². The molecule has 0 aromatic heterocycles. The van der Waals surface area contributed by atoms with Crippen LogP contribution in [0.2, 0.25) is 0 Å². The first-order chi connectivity index (χ1) is 9.07. The van der Waals surface area contributed by atoms with Crippen molar-refractivity contribution in [3.63, 3.8) is 0 Å². The van der Waals surface area contributed by atoms with Gasteiger partial charge in [-0.15, -0.1) is 11.6 Å². The molecule has 8 atom stereocenters. The van der Waals surface area contributed by atoms with Crippen LogP contribution in [0.4, 0.5) is 0 Å². The van der Waals surface area contributed by atoms with Crippen LogP contribution in [0, 0.1) is 35.5 Å². The minimum absolute atomic E-state index is 0.253. The highest BCUT2D eigenvalue weighted by atomic mass is 35.5. The number of aliphatic imine (C=N–C) groups is 1. The predicted molar refractivity (Wildman–Crippen MR) is 78.9 cm³/mol. The second kappa shape index (κ2) is 3.26. The second-order valence-corrected chi connectivity index (χ2v) is 8.28. The molecule has 19 heavy (non-hydrogen) atoms. The molecule has 6 rings (SSSR count). The molecular formula is C15H14Cl3N. The van der Waals surface area contributed by atoms with E-state index in [0.717, 1.165) is 6.42 Å². The van der Waals surface area contributed by atoms with Crippen molar-refractivity contribution in [1.29, 1.82) is 0 Å². The molecule has 1 nitrogen and oxygen atoms in total. The Bertz CT molecular complexity index is 568. The Balaban J connectivity index is 1.80. The van der Waals surface area contributed by atoms with E-state index in [2.05, 4.69) is 29.3 Å². The first-order valence-electron chi connectivity index (χ1n) is 7.05. The Morgan fingerprint density at radius 2 is 1.84 bits per heavy atom. The van der Waals surface area contributed by atoms with E-state index in [1.807, 2.05) is 0 Å². The predicted octanol–water partition coefficient (Wildman–Crippen LogP) is 4.19. The molecule has 0 aromatic carbocycles. The van der Waals surface area contributed by atoms with Crippen LogP contribution in [0.5, 0.6) is 0 Å². The third-order valence-electron chi connectivity index (χ3n) is 6.17. The molecule has 2 saturated carbocycles. The third-order valence-corrected chi connectivity index (χ3v) is 7.97. The topological polar surface area (TPSA) is 12.4 Å². The van der Waals surface area contributed by atoms with Gasteiger partial charge in [-0.1, -0.05) is 47.5 Å². The van der Waals surface area contributed by atoms with Gasteiger partial charge in [-0.05, 0) is 36.5 Å². The molecule has 4 bridgehead atoms. The normalized spacial score (nSPS) is 63.4. The summed E-state index contributed by atoms with van der Waals surface area (Å²) in [5.74, 6) is 2.38. The molecule has 100 valence electrons. The van der Waals surface area contributed by atoms with Gasteiger partial charge in [-0.25, -0.2) is 0 Å². The zero-order valence-electron chi connectivity index (χ0n) is 10.3. The second-order valence-electron chi connectivity index (χ2n) is 6.69. The Kier molecular flexibility index (Phi) is 2.00. The Labute approximate surface area is 127 Å². The standard InChI is InChI=1S/C15H14Cl3N/c16-13-14(17)9-2-1-3-10(9)15(18,19-13)12-8-5-4-7(6-8)11(12)14/h1,3-5,7-12H,2,6H2/t7-,8+,9?,10?,11?,12?,14+,15+/m1/s1. The van der Waals surface area contributed by atoms with Crippen LogP contribution in [0.25, 0.3) is 0 Å². The number of rotatable bonds is 0. The molecule has 4 unspecified atom stereocenters. The third kappa shape index (κ3) is 1.06. The van der Waals surface area contributed by atoms with Gasteiger partial charge in [0.25, 0.3) is 0 Å². The van der Waals surface area contributed by atoms with Crippen molar-refractivity contribution in [3.8, 4) is 0 Å². The Morgan fingerprint density at radius 1 is 1.11 bits per heavy atom. The molecule has 4 heteroatoms. The van der Waals surface area contributed by atoms with Crippen LogP contribution >= 0.6 is 34.8 Å². The molecule has 0 spiro atoms. The molecule has 0 amide bonds. The van der Waals surface area contributed by atoms with Crippen molar-refractivity contribution in [2.45, 2.75) is 22.7 Å². The number of hydrogen-bond donors (Lipinski definition) is 0. The van der Waals surface area contributed by atoms with E-state index < -0.39 is 9.87 Å². The molecule has 0 radical (unpaired) electrons. The van der Waals surface area contributed by atoms with Gasteiger partial charge in [0, 0.05) is 11.8 Å². The fourth-order valence-electron chi connectivity index (χ4n) is 5.59. The maximum Gasteiger partial charge on any atom is 0.145 e. The molecule has 4 aliphatic carbocycles. The minimum atomic E-state index is -0.555. The van der Waals surface area contributed by atoms with Crippen molar-refractivity contribution < 1.29 is 0 Å². The first kappa shape index (κ1) is 11.7. The number of halogens is 3. The Hall–Kier alpha value is 0.0200. The van der Waals surface area contributed by atoms with E-state index in [4.69, 9.17) is 34.8 Å². The number of hydrogen-bond acceptors (Lipinski definition) is 1. The van der Waals surface area contributed by atoms with E-state index in [1.165, 1.54) is 6.42 Å². The summed E-state index contributed by atoms with van der Waals surface area (Å²) in [6, 6.07) is 0. The summed E-state index contributed by atoms with van der Waals surface area (Å²) in [5.41, 5.74) is 0. The number of fused-ring (bicyclic) bond motifs is 2. The molecule has 0 saturated heterocycles. The summed E-state index contributed by atoms with van der Waals surface area (Å²) in [5, 5.41) is 0.566. The smallest absolute Gasteiger partial charge is 0.145 e. The van der Waals surface area contributed by atoms with E-state index in [-0.39, 0.29) is 5.92 Å². The lowest BCUT2D eigenvalue weighted by Gasteiger charge is -2.60. The van der Waals surface area contributed by atoms with Gasteiger partial charge in [0.2, 0.25) is 0 Å². The van der Waals surface area contributed by atoms with Crippen molar-refractivity contribution in [2.24, 2.45) is 40.5 Å². The van der Waals surface area contributed by atoms with Gasteiger partial charge >= 0.3 is 0 Å². The summed E-state index contributed by atoms with van der Waals surface area (Å²) in [7, 11) is 0. The van der Waals surface area contributed by atoms with Crippen LogP contribution in [0.15, 0.2) is 29.3 Å². The van der Waals surface area contributed by atoms with E-state index in [9.17, 15) is 0 Å². The van der Waals surface area contributed by atoms with E-state index >= 15 is 0 Å². The van der Waals surface area contributed by atoms with E-state index in [1.54, 1.807) is 0 Å². The summed E-state index contributed by atoms with van der Waals surface area (Å²) in [6.45, 7) is 0. The molecule has 6 aliphatic rings.